The predicted octanol–water partition coefficient (Wildman–Crippen LogP) is 1.52. The zero-order chi connectivity index (χ0) is 9.03. The highest BCUT2D eigenvalue weighted by Gasteiger charge is 2.32. The Morgan fingerprint density at radius 3 is 2.67 bits per heavy atom. The Morgan fingerprint density at radius 2 is 2.17 bits per heavy atom. The Balaban J connectivity index is 2.55. The van der Waals surface area contributed by atoms with E-state index in [0.29, 0.717) is 12.2 Å². The number of nitrogens with one attached hydrogen (secondary N) is 1. The van der Waals surface area contributed by atoms with Crippen molar-refractivity contribution in [3.8, 4) is 0 Å². The summed E-state index contributed by atoms with van der Waals surface area (Å²) in [4.78, 5) is 11.6. The lowest BCUT2D eigenvalue weighted by Crippen LogP contribution is -2.39. The first kappa shape index (κ1) is 9.46. The first-order chi connectivity index (χ1) is 5.69. The summed E-state index contributed by atoms with van der Waals surface area (Å²) >= 11 is 0. The lowest BCUT2D eigenvalue weighted by molar-refractivity contribution is -0.128. The maximum atomic E-state index is 11.6. The zero-order valence-electron chi connectivity index (χ0n) is 7.73. The molecular weight excluding hydrogens is 150 g/mol. The third kappa shape index (κ3) is 1.95. The van der Waals surface area contributed by atoms with E-state index in [1.807, 2.05) is 0 Å². The van der Waals surface area contributed by atoms with Crippen LogP contribution in [0.1, 0.15) is 26.2 Å². The largest absolute Gasteiger partial charge is 0.317 e. The second-order valence-corrected chi connectivity index (χ2v) is 3.73. The highest BCUT2D eigenvalue weighted by Crippen LogP contribution is 2.30. The molecule has 1 aliphatic heterocycles. The summed E-state index contributed by atoms with van der Waals surface area (Å²) in [6.07, 6.45) is 4.17. The van der Waals surface area contributed by atoms with E-state index in [2.05, 4.69) is 18.8 Å². The first-order valence-electron chi connectivity index (χ1n) is 4.54. The van der Waals surface area contributed by atoms with Crippen LogP contribution in [0.25, 0.3) is 0 Å². The van der Waals surface area contributed by atoms with E-state index in [-0.39, 0.29) is 5.41 Å². The second kappa shape index (κ2) is 3.85. The van der Waals surface area contributed by atoms with Gasteiger partial charge in [-0.25, -0.2) is 0 Å². The lowest BCUT2D eigenvalue weighted by atomic mass is 9.76. The van der Waals surface area contributed by atoms with Gasteiger partial charge in [0.2, 0.25) is 0 Å². The van der Waals surface area contributed by atoms with Crippen LogP contribution in [0, 0.1) is 5.41 Å². The summed E-state index contributed by atoms with van der Waals surface area (Å²) in [6.45, 7) is 7.60. The Labute approximate surface area is 74.0 Å². The van der Waals surface area contributed by atoms with E-state index in [1.54, 1.807) is 6.08 Å². The molecule has 1 fully saturated rings. The minimum absolute atomic E-state index is 0.0839. The fourth-order valence-electron chi connectivity index (χ4n) is 1.63. The Bertz CT molecular complexity index is 180. The van der Waals surface area contributed by atoms with Gasteiger partial charge in [-0.1, -0.05) is 13.0 Å². The van der Waals surface area contributed by atoms with Gasteiger partial charge in [0.15, 0.2) is 0 Å². The van der Waals surface area contributed by atoms with Crippen molar-refractivity contribution in [2.75, 3.05) is 13.1 Å². The minimum Gasteiger partial charge on any atom is -0.317 e. The van der Waals surface area contributed by atoms with E-state index >= 15 is 0 Å². The average molecular weight is 167 g/mol. The SMILES string of the molecule is C=CCC(=O)C1(C)CCNCC1. The van der Waals surface area contributed by atoms with Crippen LogP contribution in [-0.2, 0) is 4.79 Å². The molecule has 1 rings (SSSR count). The maximum Gasteiger partial charge on any atom is 0.142 e. The van der Waals surface area contributed by atoms with Crippen LogP contribution in [0.15, 0.2) is 12.7 Å². The minimum atomic E-state index is -0.0839. The molecule has 0 aromatic rings. The molecule has 12 heavy (non-hydrogen) atoms. The van der Waals surface area contributed by atoms with Crippen molar-refractivity contribution < 1.29 is 4.79 Å². The summed E-state index contributed by atoms with van der Waals surface area (Å²) in [7, 11) is 0. The second-order valence-electron chi connectivity index (χ2n) is 3.73. The summed E-state index contributed by atoms with van der Waals surface area (Å²) in [6, 6.07) is 0. The number of allylic oxidation sites excluding steroid dienone is 1. The Kier molecular flexibility index (Phi) is 3.04. The first-order valence-corrected chi connectivity index (χ1v) is 4.54. The maximum absolute atomic E-state index is 11.6. The number of carbonyl (C=O) groups is 1. The van der Waals surface area contributed by atoms with E-state index in [4.69, 9.17) is 0 Å². The van der Waals surface area contributed by atoms with Gasteiger partial charge in [-0.3, -0.25) is 4.79 Å². The van der Waals surface area contributed by atoms with E-state index in [9.17, 15) is 4.79 Å². The number of hydrogen-bond acceptors (Lipinski definition) is 2. The molecule has 2 heteroatoms. The molecule has 0 radical (unpaired) electrons. The molecule has 1 N–H and O–H groups in total. The van der Waals surface area contributed by atoms with Gasteiger partial charge in [0.25, 0.3) is 0 Å². The molecule has 68 valence electrons. The molecule has 0 aromatic heterocycles. The van der Waals surface area contributed by atoms with E-state index < -0.39 is 0 Å². The fraction of sp³-hybridized carbons (Fsp3) is 0.700. The summed E-state index contributed by atoms with van der Waals surface area (Å²) in [5.74, 6) is 0.346. The number of piperidine rings is 1. The van der Waals surface area contributed by atoms with Crippen LogP contribution in [0.2, 0.25) is 0 Å². The van der Waals surface area contributed by atoms with Gasteiger partial charge in [-0.15, -0.1) is 6.58 Å². The molecule has 0 unspecified atom stereocenters. The van der Waals surface area contributed by atoms with Crippen molar-refractivity contribution in [3.05, 3.63) is 12.7 Å². The Morgan fingerprint density at radius 1 is 1.58 bits per heavy atom. The molecule has 1 saturated heterocycles. The number of hydrogen-bond donors (Lipinski definition) is 1. The summed E-state index contributed by atoms with van der Waals surface area (Å²) in [5.41, 5.74) is -0.0839. The molecule has 0 aliphatic carbocycles. The van der Waals surface area contributed by atoms with Gasteiger partial charge in [-0.05, 0) is 25.9 Å². The van der Waals surface area contributed by atoms with E-state index in [0.717, 1.165) is 25.9 Å². The van der Waals surface area contributed by atoms with Gasteiger partial charge in [0, 0.05) is 11.8 Å². The van der Waals surface area contributed by atoms with E-state index in [1.165, 1.54) is 0 Å². The molecular formula is C10H17NO. The van der Waals surface area contributed by atoms with Crippen LogP contribution in [0.4, 0.5) is 0 Å². The van der Waals surface area contributed by atoms with Crippen molar-refractivity contribution in [3.63, 3.8) is 0 Å². The van der Waals surface area contributed by atoms with Crippen molar-refractivity contribution in [2.24, 2.45) is 5.41 Å². The number of carbonyl (C=O) groups excluding carboxylic acids is 1. The van der Waals surface area contributed by atoms with Crippen LogP contribution in [-0.4, -0.2) is 18.9 Å². The number of rotatable bonds is 3. The molecule has 0 bridgehead atoms. The van der Waals surface area contributed by atoms with Gasteiger partial charge in [0.05, 0.1) is 0 Å². The quantitative estimate of drug-likeness (QED) is 0.646. The average Bonchev–Trinajstić information content (AvgIpc) is 2.06. The van der Waals surface area contributed by atoms with Crippen molar-refractivity contribution >= 4 is 5.78 Å². The topological polar surface area (TPSA) is 29.1 Å². The number of ketones is 1. The molecule has 0 spiro atoms. The standard InChI is InChI=1S/C10H17NO/c1-3-4-9(12)10(2)5-7-11-8-6-10/h3,11H,1,4-8H2,2H3. The molecule has 0 amide bonds. The van der Waals surface area contributed by atoms with Crippen LogP contribution in [0.3, 0.4) is 0 Å². The van der Waals surface area contributed by atoms with Crippen LogP contribution in [0.5, 0.6) is 0 Å². The molecule has 1 aliphatic rings. The zero-order valence-corrected chi connectivity index (χ0v) is 7.73. The number of Topliss-reactive ketones (excluding diaryl/α,β-unsaturated/α-hetero) is 1. The molecule has 0 saturated carbocycles. The van der Waals surface area contributed by atoms with Gasteiger partial charge in [0.1, 0.15) is 5.78 Å². The predicted molar refractivity (Wildman–Crippen MR) is 50.0 cm³/mol. The highest BCUT2D eigenvalue weighted by atomic mass is 16.1. The van der Waals surface area contributed by atoms with Crippen LogP contribution < -0.4 is 5.32 Å². The van der Waals surface area contributed by atoms with Crippen LogP contribution >= 0.6 is 0 Å². The third-order valence-corrected chi connectivity index (χ3v) is 2.71. The highest BCUT2D eigenvalue weighted by molar-refractivity contribution is 5.85. The normalized spacial score (nSPS) is 21.8. The summed E-state index contributed by atoms with van der Waals surface area (Å²) < 4.78 is 0. The molecule has 2 nitrogen and oxygen atoms in total. The van der Waals surface area contributed by atoms with Gasteiger partial charge in [-0.2, -0.15) is 0 Å². The van der Waals surface area contributed by atoms with Gasteiger partial charge < -0.3 is 5.32 Å². The Hall–Kier alpha value is -0.630. The smallest absolute Gasteiger partial charge is 0.142 e. The molecule has 1 heterocycles. The van der Waals surface area contributed by atoms with Crippen molar-refractivity contribution in [2.45, 2.75) is 26.2 Å². The third-order valence-electron chi connectivity index (χ3n) is 2.71. The summed E-state index contributed by atoms with van der Waals surface area (Å²) in [5, 5.41) is 3.26. The molecule has 0 aromatic carbocycles. The monoisotopic (exact) mass is 167 g/mol. The van der Waals surface area contributed by atoms with Crippen molar-refractivity contribution in [1.82, 2.24) is 5.32 Å². The molecule has 0 atom stereocenters. The van der Waals surface area contributed by atoms with Gasteiger partial charge >= 0.3 is 0 Å². The lowest BCUT2D eigenvalue weighted by Gasteiger charge is -2.32. The fourth-order valence-corrected chi connectivity index (χ4v) is 1.63. The van der Waals surface area contributed by atoms with Crippen molar-refractivity contribution in [1.29, 1.82) is 0 Å².